The summed E-state index contributed by atoms with van der Waals surface area (Å²) in [6, 6.07) is 9.40. The van der Waals surface area contributed by atoms with Crippen molar-refractivity contribution in [1.29, 1.82) is 0 Å². The van der Waals surface area contributed by atoms with Gasteiger partial charge in [-0.3, -0.25) is 9.59 Å². The highest BCUT2D eigenvalue weighted by Gasteiger charge is 2.70. The average molecular weight is 298 g/mol. The number of ketones is 2. The van der Waals surface area contributed by atoms with Gasteiger partial charge in [0.25, 0.3) is 0 Å². The van der Waals surface area contributed by atoms with Gasteiger partial charge in [0.2, 0.25) is 0 Å². The van der Waals surface area contributed by atoms with Gasteiger partial charge >= 0.3 is 5.97 Å². The molecule has 0 aromatic heterocycles. The molecule has 0 aliphatic heterocycles. The molecule has 2 bridgehead atoms. The van der Waals surface area contributed by atoms with Crippen molar-refractivity contribution in [3.05, 3.63) is 42.0 Å². The molecule has 0 N–H and O–H groups in total. The second-order valence-corrected chi connectivity index (χ2v) is 6.43. The highest BCUT2D eigenvalue weighted by atomic mass is 16.6. The van der Waals surface area contributed by atoms with Crippen LogP contribution < -0.4 is 0 Å². The Bertz CT molecular complexity index is 676. The highest BCUT2D eigenvalue weighted by molar-refractivity contribution is 6.05. The first-order chi connectivity index (χ1) is 10.4. The molecule has 2 fully saturated rings. The van der Waals surface area contributed by atoms with E-state index in [2.05, 4.69) is 0 Å². The Morgan fingerprint density at radius 2 is 1.91 bits per heavy atom. The van der Waals surface area contributed by atoms with Crippen LogP contribution in [0.3, 0.4) is 0 Å². The minimum atomic E-state index is -1.03. The van der Waals surface area contributed by atoms with E-state index in [-0.39, 0.29) is 24.4 Å². The first-order valence-corrected chi connectivity index (χ1v) is 7.39. The summed E-state index contributed by atoms with van der Waals surface area (Å²) in [5.41, 5.74) is -1.03. The van der Waals surface area contributed by atoms with Gasteiger partial charge in [-0.05, 0) is 25.5 Å². The number of benzene rings is 1. The zero-order valence-corrected chi connectivity index (χ0v) is 12.7. The summed E-state index contributed by atoms with van der Waals surface area (Å²) in [5, 5.41) is 0. The third kappa shape index (κ3) is 2.02. The van der Waals surface area contributed by atoms with E-state index in [9.17, 15) is 14.4 Å². The summed E-state index contributed by atoms with van der Waals surface area (Å²) in [4.78, 5) is 36.2. The smallest absolute Gasteiger partial charge is 0.331 e. The monoisotopic (exact) mass is 298 g/mol. The number of fused-ring (bicyclic) bond motifs is 2. The van der Waals surface area contributed by atoms with Crippen LogP contribution in [-0.4, -0.2) is 23.1 Å². The number of ether oxygens (including phenoxy) is 1. The van der Waals surface area contributed by atoms with E-state index in [1.165, 1.54) is 6.08 Å². The first-order valence-electron chi connectivity index (χ1n) is 7.39. The molecule has 1 aromatic rings. The second-order valence-electron chi connectivity index (χ2n) is 6.43. The second kappa shape index (κ2) is 4.90. The lowest BCUT2D eigenvalue weighted by Gasteiger charge is -2.34. The molecule has 1 aromatic carbocycles. The number of esters is 1. The molecule has 3 rings (SSSR count). The Labute approximate surface area is 129 Å². The van der Waals surface area contributed by atoms with Crippen LogP contribution in [0.4, 0.5) is 0 Å². The minimum absolute atomic E-state index is 0.0134. The highest BCUT2D eigenvalue weighted by Crippen LogP contribution is 2.58. The van der Waals surface area contributed by atoms with Gasteiger partial charge in [-0.15, -0.1) is 0 Å². The SMILES string of the molecule is CC12CC(=O)C(CC1=O)C2(C)OC(=O)/C=C/c1ccccc1. The summed E-state index contributed by atoms with van der Waals surface area (Å²) in [7, 11) is 0. The predicted octanol–water partition coefficient (Wildman–Crippen LogP) is 2.57. The molecule has 0 spiro atoms. The fourth-order valence-electron chi connectivity index (χ4n) is 3.59. The van der Waals surface area contributed by atoms with Gasteiger partial charge in [-0.2, -0.15) is 0 Å². The van der Waals surface area contributed by atoms with Crippen LogP contribution >= 0.6 is 0 Å². The van der Waals surface area contributed by atoms with Crippen molar-refractivity contribution in [2.75, 3.05) is 0 Å². The number of carbonyl (C=O) groups excluding carboxylic acids is 3. The molecule has 2 aliphatic carbocycles. The summed E-state index contributed by atoms with van der Waals surface area (Å²) < 4.78 is 5.58. The molecule has 0 saturated heterocycles. The topological polar surface area (TPSA) is 60.4 Å². The zero-order valence-electron chi connectivity index (χ0n) is 12.7. The number of hydrogen-bond donors (Lipinski definition) is 0. The number of rotatable bonds is 3. The van der Waals surface area contributed by atoms with Crippen molar-refractivity contribution in [2.45, 2.75) is 32.3 Å². The summed E-state index contributed by atoms with van der Waals surface area (Å²) in [6.45, 7) is 3.44. The predicted molar refractivity (Wildman–Crippen MR) is 80.8 cm³/mol. The minimum Gasteiger partial charge on any atom is -0.454 e. The van der Waals surface area contributed by atoms with Crippen molar-refractivity contribution >= 4 is 23.6 Å². The van der Waals surface area contributed by atoms with Gasteiger partial charge in [-0.25, -0.2) is 4.79 Å². The van der Waals surface area contributed by atoms with Gasteiger partial charge in [0.15, 0.2) is 0 Å². The van der Waals surface area contributed by atoms with Gasteiger partial charge in [0.05, 0.1) is 11.3 Å². The van der Waals surface area contributed by atoms with Gasteiger partial charge in [0, 0.05) is 18.9 Å². The quantitative estimate of drug-likeness (QED) is 0.635. The molecule has 3 unspecified atom stereocenters. The number of Topliss-reactive ketones (excluding diaryl/α,β-unsaturated/α-hetero) is 2. The standard InChI is InChI=1S/C18H18O4/c1-17-11-14(19)13(10-15(17)20)18(17,2)22-16(21)9-8-12-6-4-3-5-7-12/h3-9,13H,10-11H2,1-2H3/b9-8+. The molecule has 4 heteroatoms. The zero-order chi connectivity index (χ0) is 16.0. The molecule has 4 nitrogen and oxygen atoms in total. The van der Waals surface area contributed by atoms with Crippen LogP contribution in [-0.2, 0) is 19.1 Å². The summed E-state index contributed by atoms with van der Waals surface area (Å²) in [6.07, 6.45) is 3.36. The summed E-state index contributed by atoms with van der Waals surface area (Å²) >= 11 is 0. The Balaban J connectivity index is 1.78. The lowest BCUT2D eigenvalue weighted by molar-refractivity contribution is -0.164. The fraction of sp³-hybridized carbons (Fsp3) is 0.389. The van der Waals surface area contributed by atoms with Crippen molar-refractivity contribution in [3.63, 3.8) is 0 Å². The Kier molecular flexibility index (Phi) is 3.28. The Hall–Kier alpha value is -2.23. The van der Waals surface area contributed by atoms with Gasteiger partial charge < -0.3 is 4.74 Å². The Morgan fingerprint density at radius 3 is 2.50 bits per heavy atom. The maximum absolute atomic E-state index is 12.1. The molecule has 114 valence electrons. The van der Waals surface area contributed by atoms with Crippen LogP contribution in [0.15, 0.2) is 36.4 Å². The molecule has 0 radical (unpaired) electrons. The third-order valence-corrected chi connectivity index (χ3v) is 5.21. The van der Waals surface area contributed by atoms with E-state index in [1.54, 1.807) is 19.9 Å². The normalized spacial score (nSPS) is 33.6. The van der Waals surface area contributed by atoms with Crippen LogP contribution in [0.5, 0.6) is 0 Å². The van der Waals surface area contributed by atoms with E-state index >= 15 is 0 Å². The van der Waals surface area contributed by atoms with E-state index in [4.69, 9.17) is 4.74 Å². The van der Waals surface area contributed by atoms with E-state index in [0.717, 1.165) is 5.56 Å². The summed E-state index contributed by atoms with van der Waals surface area (Å²) in [5.74, 6) is -0.991. The fourth-order valence-corrected chi connectivity index (χ4v) is 3.59. The number of hydrogen-bond acceptors (Lipinski definition) is 4. The molecular weight excluding hydrogens is 280 g/mol. The molecular formula is C18H18O4. The van der Waals surface area contributed by atoms with Gasteiger partial charge in [-0.1, -0.05) is 30.3 Å². The Morgan fingerprint density at radius 1 is 1.23 bits per heavy atom. The maximum Gasteiger partial charge on any atom is 0.331 e. The average Bonchev–Trinajstić information content (AvgIpc) is 2.78. The van der Waals surface area contributed by atoms with Crippen LogP contribution in [0.2, 0.25) is 0 Å². The molecule has 2 aliphatic rings. The van der Waals surface area contributed by atoms with E-state index in [1.807, 2.05) is 30.3 Å². The molecule has 2 saturated carbocycles. The molecule has 3 atom stereocenters. The van der Waals surface area contributed by atoms with Gasteiger partial charge in [0.1, 0.15) is 17.2 Å². The molecule has 0 amide bonds. The lowest BCUT2D eigenvalue weighted by Crippen LogP contribution is -2.45. The van der Waals surface area contributed by atoms with E-state index < -0.39 is 22.9 Å². The van der Waals surface area contributed by atoms with Crippen LogP contribution in [0, 0.1) is 11.3 Å². The largest absolute Gasteiger partial charge is 0.454 e. The van der Waals surface area contributed by atoms with Crippen molar-refractivity contribution in [1.82, 2.24) is 0 Å². The number of carbonyl (C=O) groups is 3. The first kappa shape index (κ1) is 14.7. The lowest BCUT2D eigenvalue weighted by atomic mass is 9.78. The molecule has 22 heavy (non-hydrogen) atoms. The van der Waals surface area contributed by atoms with Crippen LogP contribution in [0.1, 0.15) is 32.3 Å². The van der Waals surface area contributed by atoms with E-state index in [0.29, 0.717) is 0 Å². The molecule has 0 heterocycles. The van der Waals surface area contributed by atoms with Crippen molar-refractivity contribution in [3.8, 4) is 0 Å². The van der Waals surface area contributed by atoms with Crippen molar-refractivity contribution < 1.29 is 19.1 Å². The van der Waals surface area contributed by atoms with Crippen LogP contribution in [0.25, 0.3) is 6.08 Å². The third-order valence-electron chi connectivity index (χ3n) is 5.21. The maximum atomic E-state index is 12.1. The van der Waals surface area contributed by atoms with Crippen molar-refractivity contribution in [2.24, 2.45) is 11.3 Å².